The second kappa shape index (κ2) is 9.58. The molecule has 0 aliphatic carbocycles. The molecule has 2 aromatic carbocycles. The molecule has 0 unspecified atom stereocenters. The van der Waals surface area contributed by atoms with Gasteiger partial charge in [-0.25, -0.2) is 9.18 Å². The molecule has 186 valence electrons. The highest BCUT2D eigenvalue weighted by Crippen LogP contribution is 2.24. The third-order valence-corrected chi connectivity index (χ3v) is 6.78. The number of hydrogen-bond donors (Lipinski definition) is 1. The molecule has 4 aromatic rings. The molecule has 2 aromatic heterocycles. The third-order valence-electron chi connectivity index (χ3n) is 6.78. The van der Waals surface area contributed by atoms with Crippen molar-refractivity contribution in [2.24, 2.45) is 7.05 Å². The number of benzene rings is 2. The van der Waals surface area contributed by atoms with Crippen molar-refractivity contribution < 1.29 is 4.39 Å². The number of hydrogen-bond acceptors (Lipinski definition) is 5. The lowest BCUT2D eigenvalue weighted by Crippen LogP contribution is -2.47. The molecule has 0 amide bonds. The first kappa shape index (κ1) is 23.7. The minimum Gasteiger partial charge on any atom is -0.340 e. The molecule has 1 fully saturated rings. The summed E-state index contributed by atoms with van der Waals surface area (Å²) in [6, 6.07) is 15.0. The first-order chi connectivity index (χ1) is 17.3. The van der Waals surface area contributed by atoms with Crippen LogP contribution in [0.25, 0.3) is 16.7 Å². The number of halogens is 1. The molecule has 9 heteroatoms. The van der Waals surface area contributed by atoms with Gasteiger partial charge in [0.2, 0.25) is 5.95 Å². The molecular weight excluding hydrogens is 459 g/mol. The zero-order chi connectivity index (χ0) is 25.4. The molecule has 0 saturated carbocycles. The summed E-state index contributed by atoms with van der Waals surface area (Å²) in [5.41, 5.74) is 3.36. The van der Waals surface area contributed by atoms with Crippen molar-refractivity contribution in [1.82, 2.24) is 24.0 Å². The van der Waals surface area contributed by atoms with E-state index in [1.54, 1.807) is 29.8 Å². The zero-order valence-corrected chi connectivity index (χ0v) is 20.5. The second-order valence-electron chi connectivity index (χ2n) is 9.32. The number of allylic oxidation sites excluding steroid dienone is 1. The van der Waals surface area contributed by atoms with Crippen LogP contribution in [0.2, 0.25) is 0 Å². The lowest BCUT2D eigenvalue weighted by atomic mass is 10.1. The van der Waals surface area contributed by atoms with Crippen LogP contribution in [0.3, 0.4) is 0 Å². The molecular formula is C27H29FN6O2. The van der Waals surface area contributed by atoms with Gasteiger partial charge in [0.05, 0.1) is 6.54 Å². The molecule has 3 heterocycles. The maximum Gasteiger partial charge on any atom is 0.329 e. The number of nitrogens with one attached hydrogen (secondary N) is 1. The molecule has 36 heavy (non-hydrogen) atoms. The van der Waals surface area contributed by atoms with E-state index in [0.717, 1.165) is 30.8 Å². The Morgan fingerprint density at radius 2 is 1.72 bits per heavy atom. The van der Waals surface area contributed by atoms with Crippen molar-refractivity contribution in [3.8, 4) is 0 Å². The number of aromatic amines is 1. The van der Waals surface area contributed by atoms with Gasteiger partial charge in [-0.3, -0.25) is 23.8 Å². The van der Waals surface area contributed by atoms with Gasteiger partial charge < -0.3 is 4.90 Å². The zero-order valence-electron chi connectivity index (χ0n) is 20.5. The first-order valence-electron chi connectivity index (χ1n) is 12.0. The standard InChI is InChI=1S/C27H29FN6O2/c1-18(2)20-10-8-19(9-11-20)16-32-12-14-33(15-13-32)26-29-24-23(25(35)30-27(36)31(24)3)34(26)17-21-6-4-5-7-22(21)28/h4-11H,1,12-17H2,2-3H3,(H,30,35,36). The van der Waals surface area contributed by atoms with Crippen molar-refractivity contribution in [2.75, 3.05) is 31.1 Å². The number of aromatic nitrogens is 4. The van der Waals surface area contributed by atoms with Crippen molar-refractivity contribution in [2.45, 2.75) is 20.0 Å². The fraction of sp³-hybridized carbons (Fsp3) is 0.296. The van der Waals surface area contributed by atoms with Crippen LogP contribution >= 0.6 is 0 Å². The summed E-state index contributed by atoms with van der Waals surface area (Å²) < 4.78 is 17.6. The monoisotopic (exact) mass is 488 g/mol. The molecule has 0 bridgehead atoms. The normalized spacial score (nSPS) is 14.5. The van der Waals surface area contributed by atoms with E-state index in [-0.39, 0.29) is 23.5 Å². The van der Waals surface area contributed by atoms with E-state index in [1.807, 2.05) is 6.92 Å². The minimum absolute atomic E-state index is 0.134. The SMILES string of the molecule is C=C(C)c1ccc(CN2CCN(c3nc4c(c(=O)[nH]c(=O)n4C)n3Cc3ccccc3F)CC2)cc1. The van der Waals surface area contributed by atoms with Gasteiger partial charge in [-0.05, 0) is 24.1 Å². The molecule has 1 N–H and O–H groups in total. The van der Waals surface area contributed by atoms with Crippen LogP contribution in [0.4, 0.5) is 10.3 Å². The van der Waals surface area contributed by atoms with E-state index < -0.39 is 11.2 Å². The Morgan fingerprint density at radius 1 is 1.03 bits per heavy atom. The Kier molecular flexibility index (Phi) is 6.32. The van der Waals surface area contributed by atoms with Crippen molar-refractivity contribution in [3.63, 3.8) is 0 Å². The number of imidazole rings is 1. The smallest absolute Gasteiger partial charge is 0.329 e. The van der Waals surface area contributed by atoms with Crippen LogP contribution in [-0.4, -0.2) is 50.2 Å². The quantitative estimate of drug-likeness (QED) is 0.452. The van der Waals surface area contributed by atoms with E-state index >= 15 is 0 Å². The molecule has 0 radical (unpaired) electrons. The van der Waals surface area contributed by atoms with E-state index in [9.17, 15) is 14.0 Å². The summed E-state index contributed by atoms with van der Waals surface area (Å²) >= 11 is 0. The molecule has 0 spiro atoms. The maximum absolute atomic E-state index is 14.5. The highest BCUT2D eigenvalue weighted by Gasteiger charge is 2.25. The lowest BCUT2D eigenvalue weighted by molar-refractivity contribution is 0.248. The second-order valence-corrected chi connectivity index (χ2v) is 9.32. The third kappa shape index (κ3) is 4.49. The molecule has 0 atom stereocenters. The maximum atomic E-state index is 14.5. The predicted molar refractivity (Wildman–Crippen MR) is 140 cm³/mol. The van der Waals surface area contributed by atoms with Gasteiger partial charge in [-0.1, -0.05) is 54.6 Å². The van der Waals surface area contributed by atoms with Gasteiger partial charge in [0.1, 0.15) is 5.82 Å². The predicted octanol–water partition coefficient (Wildman–Crippen LogP) is 2.97. The van der Waals surface area contributed by atoms with Crippen molar-refractivity contribution in [1.29, 1.82) is 0 Å². The molecule has 5 rings (SSSR count). The van der Waals surface area contributed by atoms with E-state index in [1.165, 1.54) is 16.2 Å². The number of piperazine rings is 1. The topological polar surface area (TPSA) is 79.2 Å². The van der Waals surface area contributed by atoms with Gasteiger partial charge in [-0.15, -0.1) is 0 Å². The van der Waals surface area contributed by atoms with Crippen LogP contribution in [0.5, 0.6) is 0 Å². The van der Waals surface area contributed by atoms with Crippen LogP contribution < -0.4 is 16.1 Å². The van der Waals surface area contributed by atoms with Gasteiger partial charge in [0, 0.05) is 45.3 Å². The number of rotatable bonds is 6. The summed E-state index contributed by atoms with van der Waals surface area (Å²) in [4.78, 5) is 36.5. The highest BCUT2D eigenvalue weighted by atomic mass is 19.1. The molecule has 1 aliphatic heterocycles. The van der Waals surface area contributed by atoms with Crippen LogP contribution in [0.15, 0.2) is 64.7 Å². The van der Waals surface area contributed by atoms with Crippen molar-refractivity contribution >= 4 is 22.7 Å². The number of H-pyrrole nitrogens is 1. The van der Waals surface area contributed by atoms with Gasteiger partial charge in [0.25, 0.3) is 5.56 Å². The average Bonchev–Trinajstić information content (AvgIpc) is 3.25. The Morgan fingerprint density at radius 3 is 2.39 bits per heavy atom. The van der Waals surface area contributed by atoms with Gasteiger partial charge >= 0.3 is 5.69 Å². The average molecular weight is 489 g/mol. The number of nitrogens with zero attached hydrogens (tertiary/aromatic N) is 5. The summed E-state index contributed by atoms with van der Waals surface area (Å²) in [7, 11) is 1.57. The van der Waals surface area contributed by atoms with Crippen LogP contribution in [0.1, 0.15) is 23.6 Å². The molecule has 8 nitrogen and oxygen atoms in total. The molecule has 1 aliphatic rings. The number of anilines is 1. The van der Waals surface area contributed by atoms with Gasteiger partial charge in [-0.2, -0.15) is 4.98 Å². The Labute approximate surface area is 207 Å². The fourth-order valence-corrected chi connectivity index (χ4v) is 4.67. The fourth-order valence-electron chi connectivity index (χ4n) is 4.67. The molecule has 1 saturated heterocycles. The van der Waals surface area contributed by atoms with Crippen LogP contribution in [0, 0.1) is 5.82 Å². The first-order valence-corrected chi connectivity index (χ1v) is 12.0. The van der Waals surface area contributed by atoms with E-state index in [0.29, 0.717) is 24.6 Å². The highest BCUT2D eigenvalue weighted by molar-refractivity contribution is 5.74. The Hall–Kier alpha value is -3.98. The summed E-state index contributed by atoms with van der Waals surface area (Å²) in [6.07, 6.45) is 0. The van der Waals surface area contributed by atoms with Gasteiger partial charge in [0.15, 0.2) is 11.2 Å². The van der Waals surface area contributed by atoms with E-state index in [2.05, 4.69) is 45.6 Å². The Bertz CT molecular complexity index is 1540. The van der Waals surface area contributed by atoms with E-state index in [4.69, 9.17) is 4.98 Å². The number of aryl methyl sites for hydroxylation is 1. The minimum atomic E-state index is -0.530. The van der Waals surface area contributed by atoms with Crippen LogP contribution in [-0.2, 0) is 20.1 Å². The van der Waals surface area contributed by atoms with Crippen molar-refractivity contribution in [3.05, 3.63) is 98.5 Å². The summed E-state index contributed by atoms with van der Waals surface area (Å²) in [6.45, 7) is 9.96. The Balaban J connectivity index is 1.42. The summed E-state index contributed by atoms with van der Waals surface area (Å²) in [5.74, 6) is 0.208. The lowest BCUT2D eigenvalue weighted by Gasteiger charge is -2.35. The summed E-state index contributed by atoms with van der Waals surface area (Å²) in [5, 5.41) is 0. The largest absolute Gasteiger partial charge is 0.340 e. The number of fused-ring (bicyclic) bond motifs is 1.